The number of carboxylic acids is 1. The van der Waals surface area contributed by atoms with Gasteiger partial charge in [-0.3, -0.25) is 0 Å². The third-order valence-electron chi connectivity index (χ3n) is 2.65. The number of nitrogens with zero attached hydrogens (tertiary/aromatic N) is 2. The minimum Gasteiger partial charge on any atom is -0.478 e. The molecule has 1 heterocycles. The topological polar surface area (TPSA) is 55.1 Å². The fourth-order valence-electron chi connectivity index (χ4n) is 1.82. The molecular formula is C12H10ClFN2O2. The van der Waals surface area contributed by atoms with Gasteiger partial charge in [0.2, 0.25) is 0 Å². The molecule has 2 rings (SSSR count). The third kappa shape index (κ3) is 1.97. The highest BCUT2D eigenvalue weighted by molar-refractivity contribution is 6.30. The zero-order chi connectivity index (χ0) is 13.4. The number of carbonyl (C=O) groups is 1. The number of hydrogen-bond acceptors (Lipinski definition) is 2. The minimum atomic E-state index is -1.04. The highest BCUT2D eigenvalue weighted by Crippen LogP contribution is 2.22. The molecule has 0 saturated carbocycles. The maximum absolute atomic E-state index is 13.1. The predicted molar refractivity (Wildman–Crippen MR) is 65.0 cm³/mol. The molecule has 0 saturated heterocycles. The van der Waals surface area contributed by atoms with Gasteiger partial charge in [0.1, 0.15) is 11.4 Å². The average molecular weight is 269 g/mol. The highest BCUT2D eigenvalue weighted by Gasteiger charge is 2.18. The van der Waals surface area contributed by atoms with Crippen LogP contribution in [0.1, 0.15) is 21.7 Å². The Bertz CT molecular complexity index is 637. The molecule has 6 heteroatoms. The van der Waals surface area contributed by atoms with Crippen LogP contribution in [0.25, 0.3) is 5.69 Å². The molecule has 0 aliphatic carbocycles. The highest BCUT2D eigenvalue weighted by atomic mass is 35.5. The van der Waals surface area contributed by atoms with E-state index < -0.39 is 11.8 Å². The molecule has 1 aromatic heterocycles. The van der Waals surface area contributed by atoms with Crippen molar-refractivity contribution in [3.63, 3.8) is 0 Å². The zero-order valence-electron chi connectivity index (χ0n) is 9.74. The monoisotopic (exact) mass is 268 g/mol. The normalized spacial score (nSPS) is 10.7. The van der Waals surface area contributed by atoms with Crippen molar-refractivity contribution in [2.24, 2.45) is 0 Å². The van der Waals surface area contributed by atoms with Crippen LogP contribution in [0.2, 0.25) is 5.02 Å². The lowest BCUT2D eigenvalue weighted by Crippen LogP contribution is -2.02. The Morgan fingerprint density at radius 3 is 2.61 bits per heavy atom. The summed E-state index contributed by atoms with van der Waals surface area (Å²) in [6.45, 7) is 3.25. The number of carboxylic acid groups (broad SMARTS) is 1. The standard InChI is InChI=1S/C12H10ClFN2O2/c1-6-11(12(17)18)7(2)16(15-6)8-3-4-10(14)9(13)5-8/h3-5H,1-2H3,(H,17,18). The van der Waals surface area contributed by atoms with Crippen molar-refractivity contribution in [3.8, 4) is 5.69 Å². The Balaban J connectivity index is 2.61. The first-order valence-electron chi connectivity index (χ1n) is 5.16. The Morgan fingerprint density at radius 1 is 1.44 bits per heavy atom. The second-order valence-corrected chi connectivity index (χ2v) is 4.27. The van der Waals surface area contributed by atoms with Crippen LogP contribution in [0.5, 0.6) is 0 Å². The fraction of sp³-hybridized carbons (Fsp3) is 0.167. The van der Waals surface area contributed by atoms with Crippen LogP contribution < -0.4 is 0 Å². The first-order valence-corrected chi connectivity index (χ1v) is 5.54. The van der Waals surface area contributed by atoms with E-state index in [-0.39, 0.29) is 10.6 Å². The molecule has 4 nitrogen and oxygen atoms in total. The number of benzene rings is 1. The van der Waals surface area contributed by atoms with Crippen LogP contribution in [0.15, 0.2) is 18.2 Å². The number of rotatable bonds is 2. The van der Waals surface area contributed by atoms with Gasteiger partial charge < -0.3 is 5.11 Å². The first-order chi connectivity index (χ1) is 8.41. The Morgan fingerprint density at radius 2 is 2.11 bits per heavy atom. The van der Waals surface area contributed by atoms with Gasteiger partial charge in [-0.15, -0.1) is 0 Å². The number of aromatic nitrogens is 2. The summed E-state index contributed by atoms with van der Waals surface area (Å²) >= 11 is 5.69. The van der Waals surface area contributed by atoms with Crippen LogP contribution in [-0.2, 0) is 0 Å². The van der Waals surface area contributed by atoms with Crippen molar-refractivity contribution >= 4 is 17.6 Å². The Hall–Kier alpha value is -1.88. The lowest BCUT2D eigenvalue weighted by atomic mass is 10.2. The summed E-state index contributed by atoms with van der Waals surface area (Å²) in [4.78, 5) is 11.1. The first kappa shape index (κ1) is 12.6. The molecule has 0 amide bonds. The summed E-state index contributed by atoms with van der Waals surface area (Å²) in [6.07, 6.45) is 0. The summed E-state index contributed by atoms with van der Waals surface area (Å²) in [7, 11) is 0. The quantitative estimate of drug-likeness (QED) is 0.911. The Kier molecular flexibility index (Phi) is 3.09. The summed E-state index contributed by atoms with van der Waals surface area (Å²) < 4.78 is 14.5. The largest absolute Gasteiger partial charge is 0.478 e. The van der Waals surface area contributed by atoms with Crippen molar-refractivity contribution in [1.29, 1.82) is 0 Å². The maximum atomic E-state index is 13.1. The van der Waals surface area contributed by atoms with E-state index in [1.165, 1.54) is 22.9 Å². The molecule has 0 bridgehead atoms. The summed E-state index contributed by atoms with van der Waals surface area (Å²) in [5, 5.41) is 13.2. The van der Waals surface area contributed by atoms with E-state index in [1.54, 1.807) is 13.8 Å². The molecule has 1 aromatic carbocycles. The summed E-state index contributed by atoms with van der Waals surface area (Å²) in [5.41, 5.74) is 1.55. The summed E-state index contributed by atoms with van der Waals surface area (Å²) in [5.74, 6) is -1.56. The lowest BCUT2D eigenvalue weighted by Gasteiger charge is -2.05. The van der Waals surface area contributed by atoms with Gasteiger partial charge in [0.05, 0.1) is 22.1 Å². The number of hydrogen-bond donors (Lipinski definition) is 1. The molecule has 0 aliphatic heterocycles. The van der Waals surface area contributed by atoms with Crippen molar-refractivity contribution < 1.29 is 14.3 Å². The number of halogens is 2. The smallest absolute Gasteiger partial charge is 0.339 e. The van der Waals surface area contributed by atoms with E-state index in [4.69, 9.17) is 16.7 Å². The van der Waals surface area contributed by atoms with E-state index in [0.29, 0.717) is 17.1 Å². The fourth-order valence-corrected chi connectivity index (χ4v) is 2.00. The Labute approximate surface area is 108 Å². The van der Waals surface area contributed by atoms with E-state index >= 15 is 0 Å². The van der Waals surface area contributed by atoms with Crippen LogP contribution >= 0.6 is 11.6 Å². The molecule has 0 spiro atoms. The van der Waals surface area contributed by atoms with Gasteiger partial charge in [-0.1, -0.05) is 11.6 Å². The van der Waals surface area contributed by atoms with Gasteiger partial charge in [0.25, 0.3) is 0 Å². The van der Waals surface area contributed by atoms with Crippen LogP contribution in [0.4, 0.5) is 4.39 Å². The van der Waals surface area contributed by atoms with Gasteiger partial charge in [-0.05, 0) is 32.0 Å². The molecule has 2 aromatic rings. The molecule has 0 radical (unpaired) electrons. The molecular weight excluding hydrogens is 259 g/mol. The van der Waals surface area contributed by atoms with E-state index in [0.717, 1.165) is 0 Å². The van der Waals surface area contributed by atoms with Crippen molar-refractivity contribution in [3.05, 3.63) is 46.0 Å². The summed E-state index contributed by atoms with van der Waals surface area (Å²) in [6, 6.07) is 4.11. The molecule has 0 fully saturated rings. The van der Waals surface area contributed by atoms with E-state index in [2.05, 4.69) is 5.10 Å². The second-order valence-electron chi connectivity index (χ2n) is 3.86. The zero-order valence-corrected chi connectivity index (χ0v) is 10.5. The van der Waals surface area contributed by atoms with Gasteiger partial charge >= 0.3 is 5.97 Å². The molecule has 94 valence electrons. The van der Waals surface area contributed by atoms with Gasteiger partial charge in [-0.25, -0.2) is 13.9 Å². The molecule has 0 unspecified atom stereocenters. The van der Waals surface area contributed by atoms with Gasteiger partial charge in [0.15, 0.2) is 0 Å². The van der Waals surface area contributed by atoms with Crippen LogP contribution in [-0.4, -0.2) is 20.9 Å². The van der Waals surface area contributed by atoms with Gasteiger partial charge in [0, 0.05) is 0 Å². The second kappa shape index (κ2) is 4.42. The SMILES string of the molecule is Cc1nn(-c2ccc(F)c(Cl)c2)c(C)c1C(=O)O. The van der Waals surface area contributed by atoms with Crippen molar-refractivity contribution in [2.75, 3.05) is 0 Å². The lowest BCUT2D eigenvalue weighted by molar-refractivity contribution is 0.0695. The average Bonchev–Trinajstić information content (AvgIpc) is 2.58. The van der Waals surface area contributed by atoms with Crippen molar-refractivity contribution in [2.45, 2.75) is 13.8 Å². The molecule has 0 atom stereocenters. The maximum Gasteiger partial charge on any atom is 0.339 e. The van der Waals surface area contributed by atoms with Crippen LogP contribution in [0, 0.1) is 19.7 Å². The number of aryl methyl sites for hydroxylation is 1. The molecule has 0 aliphatic rings. The van der Waals surface area contributed by atoms with E-state index in [9.17, 15) is 9.18 Å². The molecule has 1 N–H and O–H groups in total. The predicted octanol–water partition coefficient (Wildman–Crippen LogP) is 2.98. The third-order valence-corrected chi connectivity index (χ3v) is 2.94. The van der Waals surface area contributed by atoms with E-state index in [1.807, 2.05) is 0 Å². The molecule has 18 heavy (non-hydrogen) atoms. The van der Waals surface area contributed by atoms with Crippen LogP contribution in [0.3, 0.4) is 0 Å². The van der Waals surface area contributed by atoms with Crippen molar-refractivity contribution in [1.82, 2.24) is 9.78 Å². The minimum absolute atomic E-state index is 0.0306. The number of aromatic carboxylic acids is 1. The van der Waals surface area contributed by atoms with Gasteiger partial charge in [-0.2, -0.15) is 5.10 Å².